The lowest BCUT2D eigenvalue weighted by molar-refractivity contribution is -0.120. The fraction of sp³-hybridized carbons (Fsp3) is 0.190. The van der Waals surface area contributed by atoms with Gasteiger partial charge >= 0.3 is 5.97 Å². The molecule has 0 saturated carbocycles. The van der Waals surface area contributed by atoms with Crippen LogP contribution in [0.4, 0.5) is 11.4 Å². The first-order valence-electron chi connectivity index (χ1n) is 8.73. The van der Waals surface area contributed by atoms with Crippen molar-refractivity contribution < 1.29 is 19.1 Å². The largest absolute Gasteiger partial charge is 0.462 e. The Morgan fingerprint density at radius 2 is 1.75 bits per heavy atom. The van der Waals surface area contributed by atoms with Gasteiger partial charge in [-0.3, -0.25) is 9.59 Å². The molecule has 0 unspecified atom stereocenters. The number of benzene rings is 2. The number of nitrogens with one attached hydrogen (secondary N) is 1. The molecule has 2 aromatic rings. The summed E-state index contributed by atoms with van der Waals surface area (Å²) in [4.78, 5) is 38.2. The molecule has 144 valence electrons. The average molecular weight is 399 g/mol. The van der Waals surface area contributed by atoms with Gasteiger partial charge in [-0.1, -0.05) is 23.7 Å². The molecule has 28 heavy (non-hydrogen) atoms. The molecule has 1 N–H and O–H groups in total. The number of amides is 2. The van der Waals surface area contributed by atoms with Crippen LogP contribution >= 0.6 is 11.6 Å². The van der Waals surface area contributed by atoms with E-state index in [1.807, 2.05) is 32.0 Å². The quantitative estimate of drug-likeness (QED) is 0.610. The Hall–Kier alpha value is -3.12. The lowest BCUT2D eigenvalue weighted by Crippen LogP contribution is -2.32. The van der Waals surface area contributed by atoms with E-state index in [0.717, 1.165) is 16.0 Å². The molecule has 0 aromatic heterocycles. The summed E-state index contributed by atoms with van der Waals surface area (Å²) in [7, 11) is 0. The lowest BCUT2D eigenvalue weighted by Gasteiger charge is -2.16. The molecule has 1 aliphatic rings. The van der Waals surface area contributed by atoms with Crippen LogP contribution in [0.1, 0.15) is 28.4 Å². The molecule has 0 saturated heterocycles. The molecule has 7 heteroatoms. The van der Waals surface area contributed by atoms with Gasteiger partial charge in [0.1, 0.15) is 10.7 Å². The second kappa shape index (κ2) is 7.86. The van der Waals surface area contributed by atoms with Crippen LogP contribution in [0.2, 0.25) is 0 Å². The van der Waals surface area contributed by atoms with Crippen molar-refractivity contribution in [1.82, 2.24) is 0 Å². The third-order valence-corrected chi connectivity index (χ3v) is 4.67. The van der Waals surface area contributed by atoms with Crippen LogP contribution in [0.15, 0.2) is 53.2 Å². The van der Waals surface area contributed by atoms with Crippen LogP contribution < -0.4 is 10.2 Å². The number of anilines is 2. The van der Waals surface area contributed by atoms with Gasteiger partial charge in [0, 0.05) is 5.69 Å². The molecule has 0 fully saturated rings. The van der Waals surface area contributed by atoms with Gasteiger partial charge in [-0.25, -0.2) is 9.69 Å². The number of halogens is 1. The van der Waals surface area contributed by atoms with E-state index in [0.29, 0.717) is 16.9 Å². The molecule has 3 rings (SSSR count). The zero-order chi connectivity index (χ0) is 20.4. The first kappa shape index (κ1) is 19.6. The minimum atomic E-state index is -0.622. The van der Waals surface area contributed by atoms with Gasteiger partial charge in [-0.05, 0) is 62.2 Å². The second-order valence-corrected chi connectivity index (χ2v) is 6.72. The standard InChI is InChI=1S/C21H19ClN2O4/c1-4-28-21(27)14-7-9-15(10-8-14)24-19(25)17(22)18(20(24)26)23-16-11-12(2)5-6-13(16)3/h5-11,23H,4H2,1-3H3. The van der Waals surface area contributed by atoms with E-state index >= 15 is 0 Å². The summed E-state index contributed by atoms with van der Waals surface area (Å²) in [5, 5.41) is 2.81. The zero-order valence-electron chi connectivity index (χ0n) is 15.7. The first-order valence-corrected chi connectivity index (χ1v) is 9.11. The van der Waals surface area contributed by atoms with Gasteiger partial charge in [-0.15, -0.1) is 0 Å². The average Bonchev–Trinajstić information content (AvgIpc) is 2.88. The highest BCUT2D eigenvalue weighted by Crippen LogP contribution is 2.31. The molecule has 2 amide bonds. The highest BCUT2D eigenvalue weighted by molar-refractivity contribution is 6.53. The molecule has 0 aliphatic carbocycles. The molecular formula is C21H19ClN2O4. The van der Waals surface area contributed by atoms with Crippen molar-refractivity contribution in [3.8, 4) is 0 Å². The van der Waals surface area contributed by atoms with Crippen molar-refractivity contribution >= 4 is 40.8 Å². The summed E-state index contributed by atoms with van der Waals surface area (Å²) in [6.45, 7) is 5.80. The topological polar surface area (TPSA) is 75.7 Å². The molecule has 6 nitrogen and oxygen atoms in total. The Labute approximate surface area is 167 Å². The second-order valence-electron chi connectivity index (χ2n) is 6.35. The van der Waals surface area contributed by atoms with Gasteiger partial charge in [0.25, 0.3) is 11.8 Å². The van der Waals surface area contributed by atoms with Crippen molar-refractivity contribution in [2.24, 2.45) is 0 Å². The van der Waals surface area contributed by atoms with Crippen molar-refractivity contribution in [2.45, 2.75) is 20.8 Å². The maximum atomic E-state index is 12.9. The van der Waals surface area contributed by atoms with Gasteiger partial charge < -0.3 is 10.1 Å². The summed E-state index contributed by atoms with van der Waals surface area (Å²) in [5.74, 6) is -1.65. The molecule has 1 heterocycles. The number of aryl methyl sites for hydroxylation is 2. The Balaban J connectivity index is 1.86. The number of imide groups is 1. The monoisotopic (exact) mass is 398 g/mol. The molecule has 0 atom stereocenters. The third kappa shape index (κ3) is 3.64. The van der Waals surface area contributed by atoms with E-state index in [9.17, 15) is 14.4 Å². The maximum Gasteiger partial charge on any atom is 0.338 e. The summed E-state index contributed by atoms with van der Waals surface area (Å²) < 4.78 is 4.93. The van der Waals surface area contributed by atoms with Crippen molar-refractivity contribution in [3.05, 3.63) is 69.9 Å². The smallest absolute Gasteiger partial charge is 0.338 e. The van der Waals surface area contributed by atoms with Crippen molar-refractivity contribution in [1.29, 1.82) is 0 Å². The van der Waals surface area contributed by atoms with Crippen LogP contribution in [0.25, 0.3) is 0 Å². The number of nitrogens with zero attached hydrogens (tertiary/aromatic N) is 1. The number of rotatable bonds is 5. The Bertz CT molecular complexity index is 996. The van der Waals surface area contributed by atoms with Gasteiger partial charge in [-0.2, -0.15) is 0 Å². The van der Waals surface area contributed by atoms with E-state index < -0.39 is 17.8 Å². The lowest BCUT2D eigenvalue weighted by atomic mass is 10.1. The summed E-state index contributed by atoms with van der Waals surface area (Å²) >= 11 is 6.16. The van der Waals surface area contributed by atoms with Crippen molar-refractivity contribution in [3.63, 3.8) is 0 Å². The number of carbonyl (C=O) groups excluding carboxylic acids is 3. The summed E-state index contributed by atoms with van der Waals surface area (Å²) in [5.41, 5.74) is 3.30. The van der Waals surface area contributed by atoms with Gasteiger partial charge in [0.05, 0.1) is 17.9 Å². The van der Waals surface area contributed by atoms with E-state index in [4.69, 9.17) is 16.3 Å². The summed E-state index contributed by atoms with van der Waals surface area (Å²) in [6, 6.07) is 11.8. The van der Waals surface area contributed by atoms with Crippen LogP contribution in [-0.2, 0) is 14.3 Å². The van der Waals surface area contributed by atoms with Gasteiger partial charge in [0.2, 0.25) is 0 Å². The maximum absolute atomic E-state index is 12.9. The minimum absolute atomic E-state index is 0.0230. The van der Waals surface area contributed by atoms with Crippen LogP contribution in [0.3, 0.4) is 0 Å². The fourth-order valence-corrected chi connectivity index (χ4v) is 3.02. The molecular weight excluding hydrogens is 380 g/mol. The minimum Gasteiger partial charge on any atom is -0.462 e. The predicted octanol–water partition coefficient (Wildman–Crippen LogP) is 3.92. The third-order valence-electron chi connectivity index (χ3n) is 4.32. The predicted molar refractivity (Wildman–Crippen MR) is 107 cm³/mol. The highest BCUT2D eigenvalue weighted by atomic mass is 35.5. The van der Waals surface area contributed by atoms with Crippen LogP contribution in [0, 0.1) is 13.8 Å². The number of ether oxygens (including phenoxy) is 1. The molecule has 0 spiro atoms. The van der Waals surface area contributed by atoms with E-state index in [1.54, 1.807) is 6.92 Å². The number of hydrogen-bond acceptors (Lipinski definition) is 5. The van der Waals surface area contributed by atoms with E-state index in [-0.39, 0.29) is 17.3 Å². The molecule has 0 radical (unpaired) electrons. The normalized spacial score (nSPS) is 13.9. The van der Waals surface area contributed by atoms with Crippen molar-refractivity contribution in [2.75, 3.05) is 16.8 Å². The molecule has 2 aromatic carbocycles. The number of esters is 1. The summed E-state index contributed by atoms with van der Waals surface area (Å²) in [6.07, 6.45) is 0. The van der Waals surface area contributed by atoms with Crippen LogP contribution in [0.5, 0.6) is 0 Å². The number of hydrogen-bond donors (Lipinski definition) is 1. The zero-order valence-corrected chi connectivity index (χ0v) is 16.5. The number of carbonyl (C=O) groups is 3. The van der Waals surface area contributed by atoms with Crippen LogP contribution in [-0.4, -0.2) is 24.4 Å². The van der Waals surface area contributed by atoms with E-state index in [2.05, 4.69) is 5.32 Å². The fourth-order valence-electron chi connectivity index (χ4n) is 2.81. The molecule has 1 aliphatic heterocycles. The Kier molecular flexibility index (Phi) is 5.51. The van der Waals surface area contributed by atoms with E-state index in [1.165, 1.54) is 24.3 Å². The highest BCUT2D eigenvalue weighted by Gasteiger charge is 2.39. The SMILES string of the molecule is CCOC(=O)c1ccc(N2C(=O)C(Cl)=C(Nc3cc(C)ccc3C)C2=O)cc1. The Morgan fingerprint density at radius 1 is 1.07 bits per heavy atom. The Morgan fingerprint density at radius 3 is 2.39 bits per heavy atom. The molecule has 0 bridgehead atoms. The first-order chi connectivity index (χ1) is 13.3. The van der Waals surface area contributed by atoms with Gasteiger partial charge in [0.15, 0.2) is 0 Å².